The van der Waals surface area contributed by atoms with Gasteiger partial charge in [0.05, 0.1) is 18.2 Å². The molecule has 1 saturated carbocycles. The molecule has 6 nitrogen and oxygen atoms in total. The normalized spacial score (nSPS) is 19.6. The van der Waals surface area contributed by atoms with Gasteiger partial charge in [-0.25, -0.2) is 0 Å². The Morgan fingerprint density at radius 3 is 2.64 bits per heavy atom. The summed E-state index contributed by atoms with van der Waals surface area (Å²) in [6.07, 6.45) is 1.44. The first-order valence-corrected chi connectivity index (χ1v) is 8.90. The third-order valence-electron chi connectivity index (χ3n) is 4.26. The molecule has 0 bridgehead atoms. The molecule has 25 heavy (non-hydrogen) atoms. The van der Waals surface area contributed by atoms with E-state index in [0.717, 1.165) is 12.8 Å². The Morgan fingerprint density at radius 2 is 2.08 bits per heavy atom. The van der Waals surface area contributed by atoms with Crippen LogP contribution in [0.4, 0.5) is 0 Å². The third-order valence-corrected chi connectivity index (χ3v) is 4.49. The van der Waals surface area contributed by atoms with Gasteiger partial charge in [-0.2, -0.15) is 0 Å². The molecule has 1 aromatic carbocycles. The highest BCUT2D eigenvalue weighted by atomic mass is 35.5. The molecular weight excluding hydrogens is 344 g/mol. The molecule has 0 saturated heterocycles. The highest BCUT2D eigenvalue weighted by molar-refractivity contribution is 6.31. The second-order valence-corrected chi connectivity index (χ2v) is 7.00. The maximum atomic E-state index is 12.6. The minimum atomic E-state index is -0.830. The molecule has 0 aliphatic heterocycles. The van der Waals surface area contributed by atoms with Crippen LogP contribution in [0.25, 0.3) is 0 Å². The number of benzene rings is 1. The summed E-state index contributed by atoms with van der Waals surface area (Å²) >= 11 is 6.02. The molecule has 0 radical (unpaired) electrons. The van der Waals surface area contributed by atoms with Gasteiger partial charge in [0.25, 0.3) is 5.91 Å². The molecule has 2 rings (SSSR count). The number of carboxylic acids is 1. The largest absolute Gasteiger partial charge is 0.490 e. The van der Waals surface area contributed by atoms with E-state index in [1.54, 1.807) is 18.2 Å². The van der Waals surface area contributed by atoms with Gasteiger partial charge in [0.1, 0.15) is 5.75 Å². The summed E-state index contributed by atoms with van der Waals surface area (Å²) in [4.78, 5) is 25.4. The van der Waals surface area contributed by atoms with Crippen LogP contribution in [0, 0.1) is 0 Å². The maximum absolute atomic E-state index is 12.6. The van der Waals surface area contributed by atoms with Gasteiger partial charge >= 0.3 is 5.97 Å². The van der Waals surface area contributed by atoms with Crippen LogP contribution in [0.15, 0.2) is 18.2 Å². The molecular formula is C18H25ClN2O4. The topological polar surface area (TPSA) is 78.9 Å². The Bertz CT molecular complexity index is 630. The molecule has 1 fully saturated rings. The number of ether oxygens (including phenoxy) is 1. The molecule has 0 heterocycles. The number of hydrogen-bond acceptors (Lipinski definition) is 4. The molecule has 1 aliphatic rings. The van der Waals surface area contributed by atoms with E-state index in [4.69, 9.17) is 21.4 Å². The summed E-state index contributed by atoms with van der Waals surface area (Å²) in [5.74, 6) is -0.541. The van der Waals surface area contributed by atoms with Crippen molar-refractivity contribution in [2.24, 2.45) is 0 Å². The highest BCUT2D eigenvalue weighted by Gasteiger charge is 2.35. The SMILES string of the molecule is CCN(CC(=O)O)C1CC(NC(=O)c2cc(Cl)ccc2OC(C)C)C1. The molecule has 0 spiro atoms. The van der Waals surface area contributed by atoms with Gasteiger partial charge in [0.2, 0.25) is 0 Å². The van der Waals surface area contributed by atoms with Gasteiger partial charge in [-0.15, -0.1) is 0 Å². The van der Waals surface area contributed by atoms with E-state index < -0.39 is 5.97 Å². The van der Waals surface area contributed by atoms with Crippen molar-refractivity contribution in [3.63, 3.8) is 0 Å². The number of hydrogen-bond donors (Lipinski definition) is 2. The zero-order valence-electron chi connectivity index (χ0n) is 14.8. The van der Waals surface area contributed by atoms with Crippen LogP contribution < -0.4 is 10.1 Å². The van der Waals surface area contributed by atoms with Gasteiger partial charge in [0.15, 0.2) is 0 Å². The van der Waals surface area contributed by atoms with Crippen molar-refractivity contribution in [1.82, 2.24) is 10.2 Å². The second-order valence-electron chi connectivity index (χ2n) is 6.56. The highest BCUT2D eigenvalue weighted by Crippen LogP contribution is 2.28. The number of halogens is 1. The van der Waals surface area contributed by atoms with E-state index in [0.29, 0.717) is 22.9 Å². The number of nitrogens with one attached hydrogen (secondary N) is 1. The van der Waals surface area contributed by atoms with Gasteiger partial charge in [-0.3, -0.25) is 14.5 Å². The molecule has 1 aromatic rings. The van der Waals surface area contributed by atoms with E-state index in [9.17, 15) is 9.59 Å². The summed E-state index contributed by atoms with van der Waals surface area (Å²) in [6, 6.07) is 5.23. The van der Waals surface area contributed by atoms with Crippen molar-refractivity contribution in [3.05, 3.63) is 28.8 Å². The zero-order chi connectivity index (χ0) is 18.6. The number of amides is 1. The van der Waals surface area contributed by atoms with Crippen molar-refractivity contribution in [2.45, 2.75) is 51.8 Å². The predicted molar refractivity (Wildman–Crippen MR) is 96.4 cm³/mol. The van der Waals surface area contributed by atoms with Crippen molar-refractivity contribution in [3.8, 4) is 5.75 Å². The van der Waals surface area contributed by atoms with Crippen LogP contribution in [-0.4, -0.2) is 53.2 Å². The van der Waals surface area contributed by atoms with E-state index >= 15 is 0 Å². The Balaban J connectivity index is 1.96. The Kier molecular flexibility index (Phi) is 6.67. The number of rotatable bonds is 8. The smallest absolute Gasteiger partial charge is 0.317 e. The minimum absolute atomic E-state index is 0.0303. The minimum Gasteiger partial charge on any atom is -0.490 e. The van der Waals surface area contributed by atoms with Crippen LogP contribution in [0.2, 0.25) is 5.02 Å². The van der Waals surface area contributed by atoms with Crippen LogP contribution in [0.3, 0.4) is 0 Å². The molecule has 1 aliphatic carbocycles. The van der Waals surface area contributed by atoms with Crippen molar-refractivity contribution in [1.29, 1.82) is 0 Å². The van der Waals surface area contributed by atoms with E-state index in [2.05, 4.69) is 5.32 Å². The lowest BCUT2D eigenvalue weighted by Crippen LogP contribution is -2.54. The Hall–Kier alpha value is -1.79. The first kappa shape index (κ1) is 19.5. The number of likely N-dealkylation sites (N-methyl/N-ethyl adjacent to an activating group) is 1. The monoisotopic (exact) mass is 368 g/mol. The first-order chi connectivity index (χ1) is 11.8. The van der Waals surface area contributed by atoms with Gasteiger partial charge in [-0.05, 0) is 51.4 Å². The summed E-state index contributed by atoms with van der Waals surface area (Å²) in [7, 11) is 0. The second kappa shape index (κ2) is 8.54. The lowest BCUT2D eigenvalue weighted by Gasteiger charge is -2.42. The first-order valence-electron chi connectivity index (χ1n) is 8.53. The zero-order valence-corrected chi connectivity index (χ0v) is 15.5. The average Bonchev–Trinajstić information content (AvgIpc) is 2.49. The predicted octanol–water partition coefficient (Wildman–Crippen LogP) is 2.79. The third kappa shape index (κ3) is 5.34. The van der Waals surface area contributed by atoms with Gasteiger partial charge < -0.3 is 15.2 Å². The fourth-order valence-corrected chi connectivity index (χ4v) is 3.15. The van der Waals surface area contributed by atoms with Crippen molar-refractivity contribution >= 4 is 23.5 Å². The van der Waals surface area contributed by atoms with Crippen LogP contribution in [0.5, 0.6) is 5.75 Å². The maximum Gasteiger partial charge on any atom is 0.317 e. The molecule has 138 valence electrons. The Labute approximate surface area is 153 Å². The van der Waals surface area contributed by atoms with Gasteiger partial charge in [-0.1, -0.05) is 18.5 Å². The molecule has 0 aromatic heterocycles. The summed E-state index contributed by atoms with van der Waals surface area (Å²) < 4.78 is 5.68. The van der Waals surface area contributed by atoms with Crippen molar-refractivity contribution < 1.29 is 19.4 Å². The van der Waals surface area contributed by atoms with E-state index in [1.165, 1.54) is 0 Å². The molecule has 7 heteroatoms. The van der Waals surface area contributed by atoms with E-state index in [1.807, 2.05) is 25.7 Å². The standard InChI is InChI=1S/C18H25ClN2O4/c1-4-21(10-17(22)23)14-8-13(9-14)20-18(24)15-7-12(19)5-6-16(15)25-11(2)3/h5-7,11,13-14H,4,8-10H2,1-3H3,(H,20,24)(H,22,23). The number of carbonyl (C=O) groups is 2. The number of nitrogens with zero attached hydrogens (tertiary/aromatic N) is 1. The molecule has 0 unspecified atom stereocenters. The quantitative estimate of drug-likeness (QED) is 0.737. The fourth-order valence-electron chi connectivity index (χ4n) is 2.98. The lowest BCUT2D eigenvalue weighted by molar-refractivity contribution is -0.139. The van der Waals surface area contributed by atoms with Gasteiger partial charge in [0, 0.05) is 17.1 Å². The molecule has 0 atom stereocenters. The summed E-state index contributed by atoms with van der Waals surface area (Å²) in [6.45, 7) is 6.44. The molecule has 1 amide bonds. The average molecular weight is 369 g/mol. The molecule has 2 N–H and O–H groups in total. The summed E-state index contributed by atoms with van der Waals surface area (Å²) in [5, 5.41) is 12.4. The number of carboxylic acid groups (broad SMARTS) is 1. The summed E-state index contributed by atoms with van der Waals surface area (Å²) in [5.41, 5.74) is 0.419. The van der Waals surface area contributed by atoms with E-state index in [-0.39, 0.29) is 30.6 Å². The lowest BCUT2D eigenvalue weighted by atomic mass is 9.85. The van der Waals surface area contributed by atoms with Crippen molar-refractivity contribution in [2.75, 3.05) is 13.1 Å². The number of aliphatic carboxylic acids is 1. The Morgan fingerprint density at radius 1 is 1.40 bits per heavy atom. The van der Waals surface area contributed by atoms with Crippen LogP contribution in [0.1, 0.15) is 44.0 Å². The van der Waals surface area contributed by atoms with Crippen LogP contribution >= 0.6 is 11.6 Å². The fraction of sp³-hybridized carbons (Fsp3) is 0.556. The number of carbonyl (C=O) groups excluding carboxylic acids is 1. The van der Waals surface area contributed by atoms with Crippen LogP contribution in [-0.2, 0) is 4.79 Å².